The van der Waals surface area contributed by atoms with Gasteiger partial charge in [-0.15, -0.1) is 0 Å². The van der Waals surface area contributed by atoms with E-state index in [1.165, 1.54) is 0 Å². The standard InChI is InChI=1S/3C4H9.C2H3O2.Sn/c3*1-4(2)3;1-2(3)4;/h3*1-3H3;1H2,(H,3,4);. The summed E-state index contributed by atoms with van der Waals surface area (Å²) in [6.07, 6.45) is 0. The molecule has 0 radical (unpaired) electrons. The maximum absolute atomic E-state index is 11.4. The Morgan fingerprint density at radius 3 is 1.12 bits per heavy atom. The van der Waals surface area contributed by atoms with Gasteiger partial charge in [-0.2, -0.15) is 0 Å². The van der Waals surface area contributed by atoms with Gasteiger partial charge in [0, 0.05) is 0 Å². The van der Waals surface area contributed by atoms with Gasteiger partial charge in [-0.1, -0.05) is 0 Å². The van der Waals surface area contributed by atoms with Crippen molar-refractivity contribution in [2.75, 3.05) is 0 Å². The predicted molar refractivity (Wildman–Crippen MR) is 77.3 cm³/mol. The minimum absolute atomic E-state index is 0.142. The van der Waals surface area contributed by atoms with Crippen molar-refractivity contribution in [1.82, 2.24) is 0 Å². The van der Waals surface area contributed by atoms with Crippen molar-refractivity contribution in [1.29, 1.82) is 0 Å². The van der Waals surface area contributed by atoms with Crippen LogP contribution in [-0.2, 0) is 4.79 Å². The van der Waals surface area contributed by atoms with Crippen LogP contribution in [0.25, 0.3) is 0 Å². The van der Waals surface area contributed by atoms with E-state index in [1.807, 2.05) is 0 Å². The van der Waals surface area contributed by atoms with Gasteiger partial charge in [-0.3, -0.25) is 0 Å². The molecule has 0 aromatic carbocycles. The average Bonchev–Trinajstić information content (AvgIpc) is 1.91. The zero-order chi connectivity index (χ0) is 14.3. The van der Waals surface area contributed by atoms with Crippen LogP contribution in [0.3, 0.4) is 0 Å². The third-order valence-electron chi connectivity index (χ3n) is 4.26. The second-order valence-electron chi connectivity index (χ2n) is 8.23. The number of hydrogen-bond donors (Lipinski definition) is 1. The molecule has 0 saturated carbocycles. The van der Waals surface area contributed by atoms with Gasteiger partial charge in [0.1, 0.15) is 0 Å². The molecule has 0 aromatic heterocycles. The van der Waals surface area contributed by atoms with Gasteiger partial charge in [-0.05, 0) is 0 Å². The van der Waals surface area contributed by atoms with Gasteiger partial charge in [0.25, 0.3) is 0 Å². The fourth-order valence-electron chi connectivity index (χ4n) is 4.40. The number of hydrogen-bond acceptors (Lipinski definition) is 1. The summed E-state index contributed by atoms with van der Waals surface area (Å²) in [6, 6.07) is 0. The van der Waals surface area contributed by atoms with E-state index in [-0.39, 0.29) is 10.3 Å². The Bertz CT molecular complexity index is 251. The molecule has 0 heterocycles. The van der Waals surface area contributed by atoms with Crippen LogP contribution in [0.2, 0.25) is 14.7 Å². The fourth-order valence-corrected chi connectivity index (χ4v) is 29.5. The Labute approximate surface area is 111 Å². The van der Waals surface area contributed by atoms with E-state index in [2.05, 4.69) is 62.3 Å². The van der Waals surface area contributed by atoms with Crippen LogP contribution in [0.15, 0.2) is 0 Å². The molecule has 1 N–H and O–H groups in total. The summed E-state index contributed by atoms with van der Waals surface area (Å²) in [6.45, 7) is 20.3. The molecule has 0 bridgehead atoms. The molecule has 0 saturated heterocycles. The van der Waals surface area contributed by atoms with E-state index in [9.17, 15) is 9.90 Å². The number of rotatable bonds is 2. The molecule has 0 aliphatic heterocycles. The Kier molecular flexibility index (Phi) is 4.82. The van der Waals surface area contributed by atoms with Crippen LogP contribution >= 0.6 is 0 Å². The molecule has 0 amide bonds. The first kappa shape index (κ1) is 17.3. The second kappa shape index (κ2) is 4.75. The second-order valence-corrected chi connectivity index (χ2v) is 27.2. The summed E-state index contributed by atoms with van der Waals surface area (Å²) in [5, 5.41) is 9.39. The van der Waals surface area contributed by atoms with Gasteiger partial charge in [0.05, 0.1) is 0 Å². The van der Waals surface area contributed by atoms with E-state index in [0.29, 0.717) is 4.44 Å². The summed E-state index contributed by atoms with van der Waals surface area (Å²) in [5.41, 5.74) is 0. The molecule has 102 valence electrons. The van der Waals surface area contributed by atoms with Crippen molar-refractivity contribution in [3.05, 3.63) is 0 Å². The van der Waals surface area contributed by atoms with E-state index in [4.69, 9.17) is 0 Å². The van der Waals surface area contributed by atoms with E-state index in [1.54, 1.807) is 0 Å². The van der Waals surface area contributed by atoms with E-state index < -0.39 is 24.3 Å². The van der Waals surface area contributed by atoms with Crippen LogP contribution in [-0.4, -0.2) is 29.5 Å². The maximum atomic E-state index is 11.4. The summed E-state index contributed by atoms with van der Waals surface area (Å²) >= 11 is -2.98. The third kappa shape index (κ3) is 3.18. The first-order valence-electron chi connectivity index (χ1n) is 6.38. The monoisotopic (exact) mass is 350 g/mol. The molecule has 0 aliphatic carbocycles. The zero-order valence-corrected chi connectivity index (χ0v) is 15.9. The molecule has 0 aromatic rings. The van der Waals surface area contributed by atoms with Crippen LogP contribution in [0.5, 0.6) is 0 Å². The van der Waals surface area contributed by atoms with Crippen LogP contribution < -0.4 is 0 Å². The molecule has 0 atom stereocenters. The molecule has 0 aliphatic rings. The Morgan fingerprint density at radius 2 is 1.06 bits per heavy atom. The summed E-state index contributed by atoms with van der Waals surface area (Å²) in [7, 11) is 0. The number of carbonyl (C=O) groups is 1. The van der Waals surface area contributed by atoms with Crippen molar-refractivity contribution in [2.24, 2.45) is 0 Å². The van der Waals surface area contributed by atoms with Crippen molar-refractivity contribution >= 4 is 24.3 Å². The molecule has 3 heteroatoms. The van der Waals surface area contributed by atoms with Gasteiger partial charge in [-0.25, -0.2) is 0 Å². The third-order valence-corrected chi connectivity index (χ3v) is 28.6. The average molecular weight is 349 g/mol. The molecule has 0 unspecified atom stereocenters. The Hall–Kier alpha value is 0.269. The number of carboxylic acid groups (broad SMARTS) is 1. The summed E-state index contributed by atoms with van der Waals surface area (Å²) < 4.78 is 0.849. The van der Waals surface area contributed by atoms with Crippen LogP contribution in [0.4, 0.5) is 0 Å². The molecule has 0 spiro atoms. The minimum atomic E-state index is -2.98. The Balaban J connectivity index is 6.02. The molecular formula is C14H30O2Sn. The topological polar surface area (TPSA) is 37.3 Å². The summed E-state index contributed by atoms with van der Waals surface area (Å²) in [4.78, 5) is 11.4. The van der Waals surface area contributed by atoms with Crippen molar-refractivity contribution in [3.8, 4) is 0 Å². The quantitative estimate of drug-likeness (QED) is 0.719. The molecule has 0 rings (SSSR count). The van der Waals surface area contributed by atoms with Crippen molar-refractivity contribution in [3.63, 3.8) is 0 Å². The Morgan fingerprint density at radius 1 is 0.824 bits per heavy atom. The SMILES string of the molecule is C[C](C)(C)[Sn]([CH2]C(=O)O)([C](C)(C)C)[C](C)(C)C. The normalized spacial score (nSPS) is 14.9. The predicted octanol–water partition coefficient (Wildman–Crippen LogP) is 4.92. The molecule has 2 nitrogen and oxygen atoms in total. The van der Waals surface area contributed by atoms with Gasteiger partial charge in [0.2, 0.25) is 0 Å². The first-order valence-corrected chi connectivity index (χ1v) is 12.7. The van der Waals surface area contributed by atoms with Crippen molar-refractivity contribution < 1.29 is 9.90 Å². The van der Waals surface area contributed by atoms with E-state index in [0.717, 1.165) is 0 Å². The van der Waals surface area contributed by atoms with Crippen LogP contribution in [0.1, 0.15) is 62.3 Å². The number of aliphatic carboxylic acids is 1. The first-order chi connectivity index (χ1) is 7.17. The number of carboxylic acids is 1. The fraction of sp³-hybridized carbons (Fsp3) is 0.929. The van der Waals surface area contributed by atoms with Gasteiger partial charge >= 0.3 is 111 Å². The molecular weight excluding hydrogens is 319 g/mol. The van der Waals surface area contributed by atoms with Crippen molar-refractivity contribution in [2.45, 2.75) is 77.0 Å². The summed E-state index contributed by atoms with van der Waals surface area (Å²) in [5.74, 6) is -0.611. The zero-order valence-electron chi connectivity index (χ0n) is 13.1. The van der Waals surface area contributed by atoms with Gasteiger partial charge < -0.3 is 0 Å². The molecule has 0 fully saturated rings. The van der Waals surface area contributed by atoms with Crippen LogP contribution in [0, 0.1) is 0 Å². The molecule has 17 heavy (non-hydrogen) atoms. The van der Waals surface area contributed by atoms with E-state index >= 15 is 0 Å². The van der Waals surface area contributed by atoms with Gasteiger partial charge in [0.15, 0.2) is 0 Å².